The van der Waals surface area contributed by atoms with Crippen LogP contribution in [0.4, 0.5) is 23.4 Å². The SMILES string of the molecule is COc1cc(Nc2nc[nH+]c(Nc3cc(-c4ccc(C(=O)I)cc4)[nH]n3)n2)cc(OC)c1OC. The molecule has 0 aliphatic carbocycles. The summed E-state index contributed by atoms with van der Waals surface area (Å²) in [6.07, 6.45) is 1.50. The molecule has 174 valence electrons. The van der Waals surface area contributed by atoms with Crippen LogP contribution >= 0.6 is 22.6 Å². The lowest BCUT2D eigenvalue weighted by Crippen LogP contribution is -2.15. The second-order valence-corrected chi connectivity index (χ2v) is 7.85. The van der Waals surface area contributed by atoms with Gasteiger partial charge in [0.1, 0.15) is 0 Å². The third-order valence-electron chi connectivity index (χ3n) is 4.77. The maximum absolute atomic E-state index is 11.5. The number of H-pyrrole nitrogens is 2. The van der Waals surface area contributed by atoms with Crippen molar-refractivity contribution >= 4 is 49.8 Å². The van der Waals surface area contributed by atoms with E-state index in [0.29, 0.717) is 46.2 Å². The van der Waals surface area contributed by atoms with E-state index >= 15 is 0 Å². The normalized spacial score (nSPS) is 10.5. The summed E-state index contributed by atoms with van der Waals surface area (Å²) in [4.78, 5) is 23.0. The third kappa shape index (κ3) is 5.17. The highest BCUT2D eigenvalue weighted by molar-refractivity contribution is 14.1. The Bertz CT molecular complexity index is 1290. The van der Waals surface area contributed by atoms with Gasteiger partial charge in [-0.25, -0.2) is 10.3 Å². The lowest BCUT2D eigenvalue weighted by atomic mass is 10.1. The summed E-state index contributed by atoms with van der Waals surface area (Å²) in [5.41, 5.74) is 2.99. The van der Waals surface area contributed by atoms with Crippen LogP contribution < -0.4 is 29.8 Å². The molecule has 0 aliphatic rings. The van der Waals surface area contributed by atoms with E-state index in [2.05, 4.69) is 35.8 Å². The zero-order valence-corrected chi connectivity index (χ0v) is 20.6. The molecule has 0 aliphatic heterocycles. The molecule has 2 heterocycles. The Labute approximate surface area is 208 Å². The summed E-state index contributed by atoms with van der Waals surface area (Å²) in [5.74, 6) is 2.82. The standard InChI is InChI=1S/C22H20IN7O4/c1-32-16-8-14(9-17(33-2)19(16)34-3)26-21-24-11-25-22(28-21)27-18-10-15(29-30-18)12-4-6-13(7-5-12)20(23)31/h4-11H,1-3H3,(H3,24,25,26,27,28,29,30)/p+1. The van der Waals surface area contributed by atoms with E-state index in [1.807, 2.05) is 18.2 Å². The molecule has 4 aromatic rings. The van der Waals surface area contributed by atoms with Crippen LogP contribution in [0.5, 0.6) is 17.2 Å². The van der Waals surface area contributed by atoms with Gasteiger partial charge in [0.15, 0.2) is 23.6 Å². The Morgan fingerprint density at radius 1 is 1.00 bits per heavy atom. The van der Waals surface area contributed by atoms with E-state index in [4.69, 9.17) is 14.2 Å². The van der Waals surface area contributed by atoms with Gasteiger partial charge in [0.05, 0.1) is 32.7 Å². The molecule has 2 aromatic heterocycles. The Hall–Kier alpha value is -3.94. The van der Waals surface area contributed by atoms with Gasteiger partial charge >= 0.3 is 11.9 Å². The molecule has 11 nitrogen and oxygen atoms in total. The number of ether oxygens (including phenoxy) is 3. The number of anilines is 4. The van der Waals surface area contributed by atoms with Gasteiger partial charge in [0.25, 0.3) is 0 Å². The quantitative estimate of drug-likeness (QED) is 0.202. The minimum absolute atomic E-state index is 0.00800. The minimum Gasteiger partial charge on any atom is -0.493 e. The third-order valence-corrected chi connectivity index (χ3v) is 5.40. The van der Waals surface area contributed by atoms with E-state index in [1.165, 1.54) is 6.33 Å². The van der Waals surface area contributed by atoms with Gasteiger partial charge in [-0.2, -0.15) is 0 Å². The zero-order valence-electron chi connectivity index (χ0n) is 18.5. The first-order valence-corrected chi connectivity index (χ1v) is 11.0. The van der Waals surface area contributed by atoms with Crippen molar-refractivity contribution in [3.05, 3.63) is 54.4 Å². The predicted octanol–water partition coefficient (Wildman–Crippen LogP) is 3.77. The molecule has 0 unspecified atom stereocenters. The maximum Gasteiger partial charge on any atom is 0.355 e. The largest absolute Gasteiger partial charge is 0.493 e. The van der Waals surface area contributed by atoms with Crippen molar-refractivity contribution in [1.29, 1.82) is 0 Å². The highest BCUT2D eigenvalue weighted by Crippen LogP contribution is 2.40. The molecule has 0 atom stereocenters. The summed E-state index contributed by atoms with van der Waals surface area (Å²) >= 11 is 1.76. The van der Waals surface area contributed by atoms with Crippen molar-refractivity contribution in [3.63, 3.8) is 0 Å². The van der Waals surface area contributed by atoms with Crippen LogP contribution in [-0.4, -0.2) is 45.3 Å². The Kier molecular flexibility index (Phi) is 7.06. The van der Waals surface area contributed by atoms with E-state index in [9.17, 15) is 4.79 Å². The number of carbonyl (C=O) groups excluding carboxylic acids is 1. The lowest BCUT2D eigenvalue weighted by Gasteiger charge is -2.13. The molecule has 0 bridgehead atoms. The molecular weight excluding hydrogens is 553 g/mol. The smallest absolute Gasteiger partial charge is 0.355 e. The minimum atomic E-state index is -0.00800. The fourth-order valence-electron chi connectivity index (χ4n) is 3.16. The molecule has 34 heavy (non-hydrogen) atoms. The average Bonchev–Trinajstić information content (AvgIpc) is 3.32. The lowest BCUT2D eigenvalue weighted by molar-refractivity contribution is -0.369. The summed E-state index contributed by atoms with van der Waals surface area (Å²) in [6, 6.07) is 12.6. The van der Waals surface area contributed by atoms with Crippen LogP contribution in [0, 0.1) is 0 Å². The highest BCUT2D eigenvalue weighted by Gasteiger charge is 2.16. The second kappa shape index (κ2) is 10.3. The van der Waals surface area contributed by atoms with Crippen LogP contribution in [0.25, 0.3) is 11.3 Å². The fourth-order valence-corrected chi connectivity index (χ4v) is 3.52. The monoisotopic (exact) mass is 574 g/mol. The van der Waals surface area contributed by atoms with Gasteiger partial charge in [-0.3, -0.25) is 9.89 Å². The van der Waals surface area contributed by atoms with Crippen molar-refractivity contribution in [2.75, 3.05) is 32.0 Å². The molecule has 12 heteroatoms. The topological polar surface area (TPSA) is 137 Å². The molecule has 2 aromatic carbocycles. The van der Waals surface area contributed by atoms with Crippen LogP contribution in [0.15, 0.2) is 48.8 Å². The molecule has 4 rings (SSSR count). The second-order valence-electron chi connectivity index (χ2n) is 6.87. The van der Waals surface area contributed by atoms with Crippen molar-refractivity contribution in [2.45, 2.75) is 0 Å². The van der Waals surface area contributed by atoms with Crippen molar-refractivity contribution < 1.29 is 24.0 Å². The first-order valence-electron chi connectivity index (χ1n) is 9.95. The Balaban J connectivity index is 1.50. The number of carbonyl (C=O) groups is 1. The van der Waals surface area contributed by atoms with Crippen LogP contribution in [-0.2, 0) is 0 Å². The Morgan fingerprint density at radius 2 is 1.71 bits per heavy atom. The van der Waals surface area contributed by atoms with Crippen molar-refractivity contribution in [2.24, 2.45) is 0 Å². The first kappa shape index (κ1) is 23.2. The molecule has 0 fully saturated rings. The van der Waals surface area contributed by atoms with E-state index in [1.54, 1.807) is 68.2 Å². The van der Waals surface area contributed by atoms with Gasteiger partial charge in [0.2, 0.25) is 9.54 Å². The van der Waals surface area contributed by atoms with Gasteiger partial charge in [-0.15, -0.1) is 5.10 Å². The number of rotatable bonds is 9. The molecule has 0 spiro atoms. The van der Waals surface area contributed by atoms with E-state index in [-0.39, 0.29) is 3.79 Å². The molecule has 0 saturated carbocycles. The maximum atomic E-state index is 11.5. The number of nitrogens with zero attached hydrogens (tertiary/aromatic N) is 3. The van der Waals surface area contributed by atoms with Crippen LogP contribution in [0.3, 0.4) is 0 Å². The summed E-state index contributed by atoms with van der Waals surface area (Å²) < 4.78 is 16.1. The molecular formula is C22H21IN7O4+. The number of aromatic amines is 2. The van der Waals surface area contributed by atoms with Crippen molar-refractivity contribution in [3.8, 4) is 28.5 Å². The van der Waals surface area contributed by atoms with E-state index < -0.39 is 0 Å². The molecule has 0 saturated heterocycles. The number of halogens is 1. The van der Waals surface area contributed by atoms with Gasteiger partial charge in [-0.1, -0.05) is 22.1 Å². The number of nitrogens with one attached hydrogen (secondary N) is 4. The molecule has 0 radical (unpaired) electrons. The summed E-state index contributed by atoms with van der Waals surface area (Å²) in [7, 11) is 4.64. The number of aromatic nitrogens is 5. The molecule has 0 amide bonds. The van der Waals surface area contributed by atoms with Crippen LogP contribution in [0.1, 0.15) is 10.4 Å². The summed E-state index contributed by atoms with van der Waals surface area (Å²) in [5, 5.41) is 13.5. The predicted molar refractivity (Wildman–Crippen MR) is 134 cm³/mol. The number of benzene rings is 2. The number of methoxy groups -OCH3 is 3. The van der Waals surface area contributed by atoms with E-state index in [0.717, 1.165) is 11.3 Å². The fraction of sp³-hybridized carbons (Fsp3) is 0.136. The Morgan fingerprint density at radius 3 is 2.32 bits per heavy atom. The number of hydrogen-bond donors (Lipinski definition) is 3. The molecule has 4 N–H and O–H groups in total. The zero-order chi connectivity index (χ0) is 24.1. The average molecular weight is 574 g/mol. The highest BCUT2D eigenvalue weighted by atomic mass is 127. The van der Waals surface area contributed by atoms with Gasteiger partial charge in [-0.05, 0) is 17.7 Å². The summed E-state index contributed by atoms with van der Waals surface area (Å²) in [6.45, 7) is 0. The van der Waals surface area contributed by atoms with Gasteiger partial charge in [0, 0.05) is 46.4 Å². The van der Waals surface area contributed by atoms with Gasteiger partial charge < -0.3 is 19.5 Å². The van der Waals surface area contributed by atoms with Crippen molar-refractivity contribution in [1.82, 2.24) is 20.2 Å². The first-order chi connectivity index (χ1) is 16.5. The van der Waals surface area contributed by atoms with Crippen LogP contribution in [0.2, 0.25) is 0 Å². The number of hydrogen-bond acceptors (Lipinski definition) is 9.